The number of aliphatic hydroxyl groups is 1. The highest BCUT2D eigenvalue weighted by molar-refractivity contribution is 8.01. The van der Waals surface area contributed by atoms with Crippen LogP contribution in [-0.4, -0.2) is 28.0 Å². The summed E-state index contributed by atoms with van der Waals surface area (Å²) in [6.07, 6.45) is -0.310. The van der Waals surface area contributed by atoms with Gasteiger partial charge in [0, 0.05) is 29.1 Å². The number of carbonyl (C=O) groups excluding carboxylic acids is 1. The van der Waals surface area contributed by atoms with Gasteiger partial charge >= 0.3 is 6.03 Å². The molecule has 6 aromatic rings. The molecule has 0 spiro atoms. The average molecular weight is 676 g/mol. The number of amides is 2. The molecule has 2 heterocycles. The summed E-state index contributed by atoms with van der Waals surface area (Å²) >= 11 is 3.37. The molecule has 10 heteroatoms. The summed E-state index contributed by atoms with van der Waals surface area (Å²) in [5.74, 6) is 2.12. The van der Waals surface area contributed by atoms with Crippen molar-refractivity contribution in [1.29, 1.82) is 0 Å². The minimum absolute atomic E-state index is 0.0136. The molecule has 3 N–H and O–H groups in total. The standard InChI is InChI=1S/C38H33N3O5S2/c42-23-25-13-15-26(16-14-25)34-22-32(24-47-38-41-33-11-4-5-12-35(33)48-38)45-36(46-34)27-7-6-8-29(21-27)40-37(43)39-28-17-19-31(20-18-28)44-30-9-2-1-3-10-30/h1-21,32,34,36,42H,22-24H2,(H2,39,40,43). The molecule has 1 aliphatic rings. The predicted octanol–water partition coefficient (Wildman–Crippen LogP) is 9.56. The van der Waals surface area contributed by atoms with Crippen LogP contribution in [0.25, 0.3) is 10.2 Å². The molecule has 48 heavy (non-hydrogen) atoms. The monoisotopic (exact) mass is 675 g/mol. The summed E-state index contributed by atoms with van der Waals surface area (Å²) in [4.78, 5) is 17.7. The summed E-state index contributed by atoms with van der Waals surface area (Å²) in [6, 6.07) is 39.8. The molecule has 1 aromatic heterocycles. The molecule has 0 saturated carbocycles. The van der Waals surface area contributed by atoms with E-state index in [9.17, 15) is 9.90 Å². The molecule has 1 fully saturated rings. The first-order valence-electron chi connectivity index (χ1n) is 15.6. The number of urea groups is 1. The molecule has 1 aliphatic heterocycles. The number of fused-ring (bicyclic) bond motifs is 1. The highest BCUT2D eigenvalue weighted by atomic mass is 32.2. The lowest BCUT2D eigenvalue weighted by Gasteiger charge is -2.36. The van der Waals surface area contributed by atoms with Gasteiger partial charge in [0.25, 0.3) is 0 Å². The molecule has 8 nitrogen and oxygen atoms in total. The fraction of sp³-hybridized carbons (Fsp3) is 0.158. The van der Waals surface area contributed by atoms with Crippen molar-refractivity contribution in [2.75, 3.05) is 16.4 Å². The Morgan fingerprint density at radius 3 is 2.35 bits per heavy atom. The van der Waals surface area contributed by atoms with Crippen LogP contribution in [0.5, 0.6) is 11.5 Å². The SMILES string of the molecule is O=C(Nc1ccc(Oc2ccccc2)cc1)Nc1cccc(C2OC(CSc3nc4ccccc4s3)CC(c3ccc(CO)cc3)O2)c1. The van der Waals surface area contributed by atoms with Crippen LogP contribution in [0.2, 0.25) is 0 Å². The number of nitrogens with zero attached hydrogens (tertiary/aromatic N) is 1. The number of carbonyl (C=O) groups is 1. The number of para-hydroxylation sites is 2. The first-order valence-corrected chi connectivity index (χ1v) is 17.4. The number of anilines is 2. The highest BCUT2D eigenvalue weighted by Gasteiger charge is 2.32. The van der Waals surface area contributed by atoms with Crippen molar-refractivity contribution in [2.45, 2.75) is 35.9 Å². The van der Waals surface area contributed by atoms with E-state index in [2.05, 4.69) is 16.7 Å². The topological polar surface area (TPSA) is 102 Å². The van der Waals surface area contributed by atoms with Crippen LogP contribution >= 0.6 is 23.1 Å². The van der Waals surface area contributed by atoms with Gasteiger partial charge in [-0.3, -0.25) is 0 Å². The molecule has 242 valence electrons. The lowest BCUT2D eigenvalue weighted by atomic mass is 10.0. The van der Waals surface area contributed by atoms with Crippen molar-refractivity contribution < 1.29 is 24.1 Å². The van der Waals surface area contributed by atoms with E-state index in [-0.39, 0.29) is 24.8 Å². The second-order valence-corrected chi connectivity index (χ2v) is 13.6. The fourth-order valence-electron chi connectivity index (χ4n) is 5.39. The Labute approximate surface area is 286 Å². The maximum Gasteiger partial charge on any atom is 0.323 e. The second kappa shape index (κ2) is 15.0. The minimum Gasteiger partial charge on any atom is -0.457 e. The van der Waals surface area contributed by atoms with E-state index in [0.29, 0.717) is 29.3 Å². The number of hydrogen-bond acceptors (Lipinski definition) is 8. The Bertz CT molecular complexity index is 1940. The number of rotatable bonds is 10. The van der Waals surface area contributed by atoms with Gasteiger partial charge < -0.3 is 30.0 Å². The Hall–Kier alpha value is -4.71. The normalized spacial score (nSPS) is 17.6. The molecule has 5 aromatic carbocycles. The average Bonchev–Trinajstić information content (AvgIpc) is 3.55. The zero-order valence-electron chi connectivity index (χ0n) is 25.8. The van der Waals surface area contributed by atoms with E-state index in [0.717, 1.165) is 37.0 Å². The molecule has 0 aliphatic carbocycles. The van der Waals surface area contributed by atoms with Gasteiger partial charge in [0.05, 0.1) is 29.0 Å². The quantitative estimate of drug-likeness (QED) is 0.124. The summed E-state index contributed by atoms with van der Waals surface area (Å²) in [7, 11) is 0. The molecule has 7 rings (SSSR count). The van der Waals surface area contributed by atoms with E-state index in [4.69, 9.17) is 19.2 Å². The van der Waals surface area contributed by atoms with Gasteiger partial charge in [0.1, 0.15) is 11.5 Å². The molecule has 0 radical (unpaired) electrons. The molecule has 3 unspecified atom stereocenters. The van der Waals surface area contributed by atoms with Gasteiger partial charge in [-0.2, -0.15) is 0 Å². The Morgan fingerprint density at radius 1 is 0.812 bits per heavy atom. The van der Waals surface area contributed by atoms with E-state index in [1.54, 1.807) is 47.4 Å². The summed E-state index contributed by atoms with van der Waals surface area (Å²) < 4.78 is 21.1. The van der Waals surface area contributed by atoms with Crippen LogP contribution in [0, 0.1) is 0 Å². The summed E-state index contributed by atoms with van der Waals surface area (Å²) in [5.41, 5.74) is 4.90. The first kappa shape index (κ1) is 31.9. The van der Waals surface area contributed by atoms with Crippen LogP contribution in [0.4, 0.5) is 16.2 Å². The third-order valence-electron chi connectivity index (χ3n) is 7.79. The summed E-state index contributed by atoms with van der Waals surface area (Å²) in [6.45, 7) is -0.0136. The van der Waals surface area contributed by atoms with Gasteiger partial charge in [-0.15, -0.1) is 11.3 Å². The number of thiazole rings is 1. The molecule has 2 amide bonds. The maximum absolute atomic E-state index is 12.9. The van der Waals surface area contributed by atoms with Crippen LogP contribution in [0.1, 0.15) is 35.5 Å². The van der Waals surface area contributed by atoms with Gasteiger partial charge in [-0.25, -0.2) is 9.78 Å². The van der Waals surface area contributed by atoms with E-state index in [1.165, 1.54) is 0 Å². The third-order valence-corrected chi connectivity index (χ3v) is 10.1. The number of aromatic nitrogens is 1. The lowest BCUT2D eigenvalue weighted by Crippen LogP contribution is -2.31. The van der Waals surface area contributed by atoms with E-state index >= 15 is 0 Å². The Kier molecular flexibility index (Phi) is 9.97. The zero-order valence-corrected chi connectivity index (χ0v) is 27.5. The predicted molar refractivity (Wildman–Crippen MR) is 191 cm³/mol. The van der Waals surface area contributed by atoms with Crippen LogP contribution in [0.15, 0.2) is 132 Å². The molecule has 0 bridgehead atoms. The van der Waals surface area contributed by atoms with Crippen molar-refractivity contribution in [3.63, 3.8) is 0 Å². The lowest BCUT2D eigenvalue weighted by molar-refractivity contribution is -0.245. The van der Waals surface area contributed by atoms with Gasteiger partial charge in [0.15, 0.2) is 10.6 Å². The molecular formula is C38H33N3O5S2. The summed E-state index contributed by atoms with van der Waals surface area (Å²) in [5, 5.41) is 15.3. The zero-order chi connectivity index (χ0) is 32.7. The van der Waals surface area contributed by atoms with Crippen molar-refractivity contribution >= 4 is 50.7 Å². The smallest absolute Gasteiger partial charge is 0.323 e. The highest BCUT2D eigenvalue weighted by Crippen LogP contribution is 2.40. The third kappa shape index (κ3) is 8.04. The number of hydrogen-bond donors (Lipinski definition) is 3. The largest absolute Gasteiger partial charge is 0.457 e. The van der Waals surface area contributed by atoms with Gasteiger partial charge in [0.2, 0.25) is 0 Å². The van der Waals surface area contributed by atoms with Gasteiger partial charge in [-0.1, -0.05) is 78.5 Å². The number of aliphatic hydroxyl groups excluding tert-OH is 1. The Morgan fingerprint density at radius 2 is 1.56 bits per heavy atom. The fourth-order valence-corrected chi connectivity index (χ4v) is 7.50. The van der Waals surface area contributed by atoms with Crippen molar-refractivity contribution in [1.82, 2.24) is 4.98 Å². The van der Waals surface area contributed by atoms with Gasteiger partial charge in [-0.05, 0) is 71.8 Å². The van der Waals surface area contributed by atoms with Crippen molar-refractivity contribution in [2.24, 2.45) is 0 Å². The van der Waals surface area contributed by atoms with Crippen LogP contribution < -0.4 is 15.4 Å². The molecular weight excluding hydrogens is 643 g/mol. The molecule has 1 saturated heterocycles. The minimum atomic E-state index is -0.649. The van der Waals surface area contributed by atoms with Crippen molar-refractivity contribution in [3.8, 4) is 11.5 Å². The van der Waals surface area contributed by atoms with Crippen molar-refractivity contribution in [3.05, 3.63) is 144 Å². The number of nitrogens with one attached hydrogen (secondary N) is 2. The van der Waals surface area contributed by atoms with E-state index in [1.807, 2.05) is 97.1 Å². The van der Waals surface area contributed by atoms with Crippen LogP contribution in [-0.2, 0) is 16.1 Å². The number of ether oxygens (including phenoxy) is 3. The van der Waals surface area contributed by atoms with E-state index < -0.39 is 6.29 Å². The number of thioether (sulfide) groups is 1. The number of benzene rings is 5. The Balaban J connectivity index is 1.02. The second-order valence-electron chi connectivity index (χ2n) is 11.3. The maximum atomic E-state index is 12.9. The molecule has 3 atom stereocenters. The first-order chi connectivity index (χ1) is 23.6. The van der Waals surface area contributed by atoms with Crippen LogP contribution in [0.3, 0.4) is 0 Å².